The van der Waals surface area contributed by atoms with Gasteiger partial charge in [0.15, 0.2) is 0 Å². The Labute approximate surface area is 84.1 Å². The van der Waals surface area contributed by atoms with Crippen molar-refractivity contribution in [3.05, 3.63) is 22.8 Å². The van der Waals surface area contributed by atoms with E-state index in [-0.39, 0.29) is 5.41 Å². The number of pyridine rings is 1. The van der Waals surface area contributed by atoms with Gasteiger partial charge in [-0.3, -0.25) is 0 Å². The maximum atomic E-state index is 5.76. The van der Waals surface area contributed by atoms with Crippen molar-refractivity contribution in [2.75, 3.05) is 5.73 Å². The quantitative estimate of drug-likeness (QED) is 0.754. The van der Waals surface area contributed by atoms with Crippen molar-refractivity contribution in [1.29, 1.82) is 0 Å². The molecule has 0 aromatic carbocycles. The molecule has 2 N–H and O–H groups in total. The lowest BCUT2D eigenvalue weighted by molar-refractivity contribution is 0.406. The fraction of sp³-hybridized carbons (Fsp3) is 0.500. The molecule has 1 heterocycles. The highest BCUT2D eigenvalue weighted by molar-refractivity contribution is 6.32. The van der Waals surface area contributed by atoms with Gasteiger partial charge in [-0.2, -0.15) is 0 Å². The smallest absolute Gasteiger partial charge is 0.142 e. The first-order chi connectivity index (χ1) is 5.88. The first-order valence-electron chi connectivity index (χ1n) is 4.29. The molecule has 3 heteroatoms. The molecule has 0 aliphatic rings. The monoisotopic (exact) mass is 198 g/mol. The van der Waals surface area contributed by atoms with Gasteiger partial charge in [-0.1, -0.05) is 32.4 Å². The minimum absolute atomic E-state index is 0.229. The lowest BCUT2D eigenvalue weighted by atomic mass is 9.90. The molecule has 0 saturated heterocycles. The van der Waals surface area contributed by atoms with Gasteiger partial charge in [0.1, 0.15) is 5.82 Å². The van der Waals surface area contributed by atoms with Gasteiger partial charge in [-0.25, -0.2) is 4.98 Å². The van der Waals surface area contributed by atoms with Gasteiger partial charge in [0, 0.05) is 5.69 Å². The summed E-state index contributed by atoms with van der Waals surface area (Å²) < 4.78 is 0. The SMILES string of the molecule is CC(C)(C)Cc1ccc(Cl)c(N)n1. The normalized spacial score (nSPS) is 11.7. The van der Waals surface area contributed by atoms with Crippen LogP contribution in [0.3, 0.4) is 0 Å². The second-order valence-electron chi connectivity index (χ2n) is 4.41. The van der Waals surface area contributed by atoms with Crippen LogP contribution in [0, 0.1) is 5.41 Å². The average molecular weight is 199 g/mol. The summed E-state index contributed by atoms with van der Waals surface area (Å²) in [4.78, 5) is 4.20. The van der Waals surface area contributed by atoms with Gasteiger partial charge in [-0.15, -0.1) is 0 Å². The molecular weight excluding hydrogens is 184 g/mol. The first-order valence-corrected chi connectivity index (χ1v) is 4.67. The summed E-state index contributed by atoms with van der Waals surface area (Å²) in [5.41, 5.74) is 6.82. The summed E-state index contributed by atoms with van der Waals surface area (Å²) in [5.74, 6) is 0.420. The van der Waals surface area contributed by atoms with Crippen LogP contribution in [0.1, 0.15) is 26.5 Å². The average Bonchev–Trinajstić information content (AvgIpc) is 1.94. The zero-order valence-electron chi connectivity index (χ0n) is 8.26. The molecule has 1 aromatic rings. The van der Waals surface area contributed by atoms with E-state index < -0.39 is 0 Å². The van der Waals surface area contributed by atoms with Crippen LogP contribution >= 0.6 is 11.6 Å². The Morgan fingerprint density at radius 2 is 2.00 bits per heavy atom. The predicted octanol–water partition coefficient (Wildman–Crippen LogP) is 2.91. The Hall–Kier alpha value is -0.760. The topological polar surface area (TPSA) is 38.9 Å². The molecule has 0 aliphatic carbocycles. The van der Waals surface area contributed by atoms with Gasteiger partial charge >= 0.3 is 0 Å². The number of nitrogens with zero attached hydrogens (tertiary/aromatic N) is 1. The van der Waals surface area contributed by atoms with E-state index in [0.29, 0.717) is 10.8 Å². The van der Waals surface area contributed by atoms with Crippen LogP contribution in [0.2, 0.25) is 5.02 Å². The summed E-state index contributed by atoms with van der Waals surface area (Å²) in [7, 11) is 0. The van der Waals surface area contributed by atoms with E-state index in [1.165, 1.54) is 0 Å². The lowest BCUT2D eigenvalue weighted by Gasteiger charge is -2.17. The summed E-state index contributed by atoms with van der Waals surface area (Å²) in [6.45, 7) is 6.50. The third-order valence-electron chi connectivity index (χ3n) is 1.64. The Kier molecular flexibility index (Phi) is 2.81. The molecule has 2 nitrogen and oxygen atoms in total. The zero-order chi connectivity index (χ0) is 10.1. The number of hydrogen-bond acceptors (Lipinski definition) is 2. The molecule has 0 radical (unpaired) electrons. The fourth-order valence-electron chi connectivity index (χ4n) is 1.14. The van der Waals surface area contributed by atoms with Crippen molar-refractivity contribution in [2.45, 2.75) is 27.2 Å². The largest absolute Gasteiger partial charge is 0.382 e. The van der Waals surface area contributed by atoms with E-state index in [0.717, 1.165) is 12.1 Å². The number of nitrogen functional groups attached to an aromatic ring is 1. The van der Waals surface area contributed by atoms with Gasteiger partial charge < -0.3 is 5.73 Å². The van der Waals surface area contributed by atoms with Gasteiger partial charge in [0.25, 0.3) is 0 Å². The summed E-state index contributed by atoms with van der Waals surface area (Å²) >= 11 is 5.76. The van der Waals surface area contributed by atoms with Crippen molar-refractivity contribution in [2.24, 2.45) is 5.41 Å². The molecule has 1 rings (SSSR count). The van der Waals surface area contributed by atoms with E-state index in [1.807, 2.05) is 6.07 Å². The van der Waals surface area contributed by atoms with Crippen molar-refractivity contribution >= 4 is 17.4 Å². The molecule has 0 atom stereocenters. The number of aromatic nitrogens is 1. The minimum atomic E-state index is 0.229. The highest BCUT2D eigenvalue weighted by Crippen LogP contribution is 2.22. The first kappa shape index (κ1) is 10.3. The highest BCUT2D eigenvalue weighted by atomic mass is 35.5. The molecule has 13 heavy (non-hydrogen) atoms. The second kappa shape index (κ2) is 3.54. The Balaban J connectivity index is 2.86. The van der Waals surface area contributed by atoms with Crippen molar-refractivity contribution in [3.63, 3.8) is 0 Å². The molecule has 0 fully saturated rings. The van der Waals surface area contributed by atoms with Crippen LogP contribution in [-0.2, 0) is 6.42 Å². The third kappa shape index (κ3) is 3.23. The Morgan fingerprint density at radius 3 is 2.46 bits per heavy atom. The van der Waals surface area contributed by atoms with E-state index in [1.54, 1.807) is 6.07 Å². The molecule has 0 bridgehead atoms. The van der Waals surface area contributed by atoms with Crippen LogP contribution in [0.4, 0.5) is 5.82 Å². The summed E-state index contributed by atoms with van der Waals surface area (Å²) in [5, 5.41) is 0.526. The van der Waals surface area contributed by atoms with Crippen molar-refractivity contribution in [1.82, 2.24) is 4.98 Å². The van der Waals surface area contributed by atoms with Crippen LogP contribution in [0.5, 0.6) is 0 Å². The summed E-state index contributed by atoms with van der Waals surface area (Å²) in [6.07, 6.45) is 0.911. The molecule has 0 unspecified atom stereocenters. The number of halogens is 1. The number of rotatable bonds is 1. The third-order valence-corrected chi connectivity index (χ3v) is 1.96. The molecule has 0 aliphatic heterocycles. The lowest BCUT2D eigenvalue weighted by Crippen LogP contribution is -2.11. The molecule has 1 aromatic heterocycles. The van der Waals surface area contributed by atoms with Crippen LogP contribution < -0.4 is 5.73 Å². The van der Waals surface area contributed by atoms with Crippen LogP contribution in [0.15, 0.2) is 12.1 Å². The minimum Gasteiger partial charge on any atom is -0.382 e. The number of anilines is 1. The fourth-order valence-corrected chi connectivity index (χ4v) is 1.25. The Morgan fingerprint density at radius 1 is 1.38 bits per heavy atom. The molecular formula is C10H15ClN2. The van der Waals surface area contributed by atoms with Crippen LogP contribution in [-0.4, -0.2) is 4.98 Å². The molecule has 0 spiro atoms. The zero-order valence-corrected chi connectivity index (χ0v) is 9.02. The number of hydrogen-bond donors (Lipinski definition) is 1. The van der Waals surface area contributed by atoms with Gasteiger partial charge in [0.05, 0.1) is 5.02 Å². The maximum absolute atomic E-state index is 5.76. The van der Waals surface area contributed by atoms with Gasteiger partial charge in [-0.05, 0) is 24.0 Å². The van der Waals surface area contributed by atoms with Crippen LogP contribution in [0.25, 0.3) is 0 Å². The molecule has 72 valence electrons. The highest BCUT2D eigenvalue weighted by Gasteiger charge is 2.12. The van der Waals surface area contributed by atoms with Crippen molar-refractivity contribution in [3.8, 4) is 0 Å². The molecule has 0 amide bonds. The van der Waals surface area contributed by atoms with E-state index in [9.17, 15) is 0 Å². The maximum Gasteiger partial charge on any atom is 0.142 e. The van der Waals surface area contributed by atoms with E-state index in [2.05, 4.69) is 25.8 Å². The summed E-state index contributed by atoms with van der Waals surface area (Å²) in [6, 6.07) is 3.72. The van der Waals surface area contributed by atoms with Gasteiger partial charge in [0.2, 0.25) is 0 Å². The molecule has 0 saturated carbocycles. The van der Waals surface area contributed by atoms with E-state index >= 15 is 0 Å². The Bertz CT molecular complexity index is 302. The number of nitrogens with two attached hydrogens (primary N) is 1. The second-order valence-corrected chi connectivity index (χ2v) is 4.81. The standard InChI is InChI=1S/C10H15ClN2/c1-10(2,3)6-7-4-5-8(11)9(12)13-7/h4-5H,6H2,1-3H3,(H2,12,13). The van der Waals surface area contributed by atoms with Crippen molar-refractivity contribution < 1.29 is 0 Å². The predicted molar refractivity (Wildman–Crippen MR) is 56.8 cm³/mol. The van der Waals surface area contributed by atoms with E-state index in [4.69, 9.17) is 17.3 Å².